The van der Waals surface area contributed by atoms with Crippen molar-refractivity contribution in [3.63, 3.8) is 0 Å². The number of aliphatic hydroxyl groups excluding tert-OH is 1. The van der Waals surface area contributed by atoms with Crippen molar-refractivity contribution in [2.24, 2.45) is 5.92 Å². The molecule has 0 bridgehead atoms. The number of halogens is 1. The van der Waals surface area contributed by atoms with Crippen LogP contribution in [0.25, 0.3) is 0 Å². The Hall–Kier alpha value is -0.920. The van der Waals surface area contributed by atoms with Crippen molar-refractivity contribution in [2.45, 2.75) is 37.8 Å². The number of benzene rings is 1. The van der Waals surface area contributed by atoms with Gasteiger partial charge in [0.05, 0.1) is 19.3 Å². The van der Waals surface area contributed by atoms with E-state index >= 15 is 0 Å². The van der Waals surface area contributed by atoms with Gasteiger partial charge < -0.3 is 19.9 Å². The third kappa shape index (κ3) is 6.88. The molecule has 0 radical (unpaired) electrons. The van der Waals surface area contributed by atoms with Crippen molar-refractivity contribution in [2.75, 3.05) is 26.4 Å². The van der Waals surface area contributed by atoms with Crippen molar-refractivity contribution >= 4 is 27.3 Å². The Morgan fingerprint density at radius 1 is 1.15 bits per heavy atom. The minimum atomic E-state index is -0.512. The van der Waals surface area contributed by atoms with E-state index in [0.717, 1.165) is 10.2 Å². The summed E-state index contributed by atoms with van der Waals surface area (Å²) in [5.41, 5.74) is 0. The molecule has 148 valence electrons. The van der Waals surface area contributed by atoms with Gasteiger partial charge in [-0.05, 0) is 54.5 Å². The van der Waals surface area contributed by atoms with Crippen LogP contribution in [0, 0.1) is 5.92 Å². The second-order valence-corrected chi connectivity index (χ2v) is 8.87. The highest BCUT2D eigenvalue weighted by Gasteiger charge is 2.27. The highest BCUT2D eigenvalue weighted by Crippen LogP contribution is 2.37. The largest absolute Gasteiger partial charge is 0.491 e. The Labute approximate surface area is 174 Å². The highest BCUT2D eigenvalue weighted by atomic mass is 79.9. The second-order valence-electron chi connectivity index (χ2n) is 6.98. The molecule has 4 nitrogen and oxygen atoms in total. The van der Waals surface area contributed by atoms with E-state index in [1.54, 1.807) is 11.3 Å². The zero-order valence-corrected chi connectivity index (χ0v) is 17.9. The minimum absolute atomic E-state index is 0.318. The van der Waals surface area contributed by atoms with Gasteiger partial charge >= 0.3 is 0 Å². The molecule has 6 heteroatoms. The summed E-state index contributed by atoms with van der Waals surface area (Å²) in [4.78, 5) is 1.37. The Morgan fingerprint density at radius 2 is 1.93 bits per heavy atom. The fourth-order valence-corrected chi connectivity index (χ4v) is 4.71. The maximum atomic E-state index is 10.3. The van der Waals surface area contributed by atoms with Gasteiger partial charge in [-0.2, -0.15) is 0 Å². The molecule has 2 aromatic rings. The lowest BCUT2D eigenvalue weighted by molar-refractivity contribution is 0.0231. The fourth-order valence-electron chi connectivity index (χ4n) is 3.55. The molecular formula is C21H28BrNO3S. The smallest absolute Gasteiger partial charge is 0.119 e. The summed E-state index contributed by atoms with van der Waals surface area (Å²) in [6.45, 7) is 1.80. The number of aliphatic hydroxyl groups is 1. The molecule has 2 unspecified atom stereocenters. The molecule has 1 aromatic heterocycles. The molecule has 1 saturated carbocycles. The number of hydrogen-bond acceptors (Lipinski definition) is 5. The van der Waals surface area contributed by atoms with Crippen molar-refractivity contribution in [1.29, 1.82) is 0 Å². The molecule has 27 heavy (non-hydrogen) atoms. The van der Waals surface area contributed by atoms with Crippen molar-refractivity contribution in [1.82, 2.24) is 5.32 Å². The van der Waals surface area contributed by atoms with Gasteiger partial charge in [0.1, 0.15) is 12.4 Å². The number of ether oxygens (including phenoxy) is 2. The SMILES string of the molecule is OC(CNC(c1cccs1)C1CCCC1)COCCOc1ccc(Br)cc1. The van der Waals surface area contributed by atoms with E-state index in [0.29, 0.717) is 38.3 Å². The molecule has 1 heterocycles. The molecule has 1 aliphatic carbocycles. The third-order valence-corrected chi connectivity index (χ3v) is 6.40. The topological polar surface area (TPSA) is 50.7 Å². The molecule has 3 rings (SSSR count). The highest BCUT2D eigenvalue weighted by molar-refractivity contribution is 9.10. The Kier molecular flexibility index (Phi) is 8.61. The minimum Gasteiger partial charge on any atom is -0.491 e. The number of rotatable bonds is 11. The Bertz CT molecular complexity index is 644. The van der Waals surface area contributed by atoms with Crippen molar-refractivity contribution < 1.29 is 14.6 Å². The van der Waals surface area contributed by atoms with Gasteiger partial charge in [0.2, 0.25) is 0 Å². The zero-order valence-electron chi connectivity index (χ0n) is 15.5. The first kappa shape index (κ1) is 20.8. The summed E-state index contributed by atoms with van der Waals surface area (Å²) >= 11 is 5.20. The standard InChI is InChI=1S/C21H28BrNO3S/c22-17-7-9-19(10-8-17)26-12-11-25-15-18(24)14-23-21(16-4-1-2-5-16)20-6-3-13-27-20/h3,6-10,13,16,18,21,23-24H,1-2,4-5,11-12,14-15H2. The van der Waals surface area contributed by atoms with Crippen molar-refractivity contribution in [3.8, 4) is 5.75 Å². The van der Waals surface area contributed by atoms with Crippen molar-refractivity contribution in [3.05, 3.63) is 51.1 Å². The van der Waals surface area contributed by atoms with Crippen LogP contribution in [-0.2, 0) is 4.74 Å². The van der Waals surface area contributed by atoms with Crippen LogP contribution in [0.3, 0.4) is 0 Å². The van der Waals surface area contributed by atoms with E-state index in [1.807, 2.05) is 24.3 Å². The van der Waals surface area contributed by atoms with Crippen LogP contribution < -0.4 is 10.1 Å². The van der Waals surface area contributed by atoms with E-state index in [-0.39, 0.29) is 0 Å². The van der Waals surface area contributed by atoms with Gasteiger partial charge in [-0.25, -0.2) is 0 Å². The van der Waals surface area contributed by atoms with Gasteiger partial charge in [-0.15, -0.1) is 11.3 Å². The lowest BCUT2D eigenvalue weighted by atomic mass is 9.96. The van der Waals surface area contributed by atoms with Gasteiger partial charge in [0.25, 0.3) is 0 Å². The molecule has 2 atom stereocenters. The first-order valence-electron chi connectivity index (χ1n) is 9.63. The van der Waals surface area contributed by atoms with E-state index < -0.39 is 6.10 Å². The molecule has 1 aromatic carbocycles. The average Bonchev–Trinajstić information content (AvgIpc) is 3.38. The molecule has 0 saturated heterocycles. The zero-order chi connectivity index (χ0) is 18.9. The lowest BCUT2D eigenvalue weighted by Gasteiger charge is -2.25. The van der Waals surface area contributed by atoms with E-state index in [4.69, 9.17) is 9.47 Å². The normalized spacial score (nSPS) is 17.1. The van der Waals surface area contributed by atoms with Crippen LogP contribution >= 0.6 is 27.3 Å². The molecule has 0 aliphatic heterocycles. The predicted molar refractivity (Wildman–Crippen MR) is 113 cm³/mol. The summed E-state index contributed by atoms with van der Waals surface area (Å²) in [6, 6.07) is 12.4. The van der Waals surface area contributed by atoms with E-state index in [2.05, 4.69) is 38.8 Å². The summed E-state index contributed by atoms with van der Waals surface area (Å²) in [6.07, 6.45) is 4.67. The fraction of sp³-hybridized carbons (Fsp3) is 0.524. The average molecular weight is 454 g/mol. The molecule has 1 aliphatic rings. The lowest BCUT2D eigenvalue weighted by Crippen LogP contribution is -2.35. The molecular weight excluding hydrogens is 426 g/mol. The number of thiophene rings is 1. The van der Waals surface area contributed by atoms with Crippen LogP contribution in [0.15, 0.2) is 46.3 Å². The molecule has 2 N–H and O–H groups in total. The molecule has 0 spiro atoms. The third-order valence-electron chi connectivity index (χ3n) is 4.91. The number of hydrogen-bond donors (Lipinski definition) is 2. The van der Waals surface area contributed by atoms with Gasteiger partial charge in [0.15, 0.2) is 0 Å². The Balaban J connectivity index is 1.33. The maximum absolute atomic E-state index is 10.3. The monoisotopic (exact) mass is 453 g/mol. The van der Waals surface area contributed by atoms with E-state index in [1.165, 1.54) is 30.6 Å². The van der Waals surface area contributed by atoms with Gasteiger partial charge in [-0.1, -0.05) is 34.8 Å². The first-order chi connectivity index (χ1) is 13.2. The van der Waals surface area contributed by atoms with Crippen LogP contribution in [0.1, 0.15) is 36.6 Å². The van der Waals surface area contributed by atoms with E-state index in [9.17, 15) is 5.11 Å². The van der Waals surface area contributed by atoms with Crippen LogP contribution in [-0.4, -0.2) is 37.6 Å². The molecule has 0 amide bonds. The predicted octanol–water partition coefficient (Wildman–Crippen LogP) is 4.79. The van der Waals surface area contributed by atoms with Crippen LogP contribution in [0.4, 0.5) is 0 Å². The van der Waals surface area contributed by atoms with Gasteiger partial charge in [0, 0.05) is 21.9 Å². The molecule has 1 fully saturated rings. The number of nitrogens with one attached hydrogen (secondary N) is 1. The first-order valence-corrected chi connectivity index (χ1v) is 11.3. The van der Waals surface area contributed by atoms with Crippen LogP contribution in [0.2, 0.25) is 0 Å². The van der Waals surface area contributed by atoms with Gasteiger partial charge in [-0.3, -0.25) is 0 Å². The Morgan fingerprint density at radius 3 is 2.63 bits per heavy atom. The quantitative estimate of drug-likeness (QED) is 0.480. The second kappa shape index (κ2) is 11.2. The summed E-state index contributed by atoms with van der Waals surface area (Å²) in [5.74, 6) is 1.50. The summed E-state index contributed by atoms with van der Waals surface area (Å²) < 4.78 is 12.2. The summed E-state index contributed by atoms with van der Waals surface area (Å²) in [7, 11) is 0. The maximum Gasteiger partial charge on any atom is 0.119 e. The van der Waals surface area contributed by atoms with Crippen LogP contribution in [0.5, 0.6) is 5.75 Å². The summed E-state index contributed by atoms with van der Waals surface area (Å²) in [5, 5.41) is 16.0.